The molecule has 1 aromatic carbocycles. The number of carboxylic acid groups (broad SMARTS) is 1. The number of fused-ring (bicyclic) bond motifs is 1. The summed E-state index contributed by atoms with van der Waals surface area (Å²) >= 11 is 0. The molecule has 2 aromatic rings. The Bertz CT molecular complexity index is 594. The van der Waals surface area contributed by atoms with E-state index in [-0.39, 0.29) is 16.6 Å². The van der Waals surface area contributed by atoms with Crippen molar-refractivity contribution in [2.45, 2.75) is 26.2 Å². The Hall–Kier alpha value is -2.04. The van der Waals surface area contributed by atoms with Gasteiger partial charge in [0, 0.05) is 11.1 Å². The first kappa shape index (κ1) is 11.4. The van der Waals surface area contributed by atoms with E-state index in [4.69, 9.17) is 15.3 Å². The Morgan fingerprint density at radius 1 is 1.41 bits per heavy atom. The summed E-state index contributed by atoms with van der Waals surface area (Å²) in [5, 5.41) is 9.08. The molecule has 0 aliphatic heterocycles. The van der Waals surface area contributed by atoms with Crippen LogP contribution in [0.1, 0.15) is 37.0 Å². The summed E-state index contributed by atoms with van der Waals surface area (Å²) in [5.74, 6) is -0.570. The molecule has 5 nitrogen and oxygen atoms in total. The monoisotopic (exact) mass is 234 g/mol. The third kappa shape index (κ3) is 1.95. The molecule has 2 rings (SSSR count). The van der Waals surface area contributed by atoms with Gasteiger partial charge in [-0.05, 0) is 12.1 Å². The molecule has 1 heterocycles. The molecular formula is C12H14N2O3. The zero-order valence-electron chi connectivity index (χ0n) is 9.94. The number of benzene rings is 1. The third-order valence-corrected chi connectivity index (χ3v) is 2.38. The lowest BCUT2D eigenvalue weighted by atomic mass is 9.97. The summed E-state index contributed by atoms with van der Waals surface area (Å²) in [6, 6.07) is 2.99. The molecule has 0 aliphatic carbocycles. The van der Waals surface area contributed by atoms with Gasteiger partial charge in [-0.25, -0.2) is 9.78 Å². The maximum atomic E-state index is 11.1. The smallest absolute Gasteiger partial charge is 0.339 e. The molecule has 0 fully saturated rings. The summed E-state index contributed by atoms with van der Waals surface area (Å²) in [7, 11) is 0. The molecule has 0 spiro atoms. The van der Waals surface area contributed by atoms with Gasteiger partial charge >= 0.3 is 5.97 Å². The lowest BCUT2D eigenvalue weighted by Gasteiger charge is -2.11. The molecule has 1 aromatic heterocycles. The Morgan fingerprint density at radius 2 is 2.06 bits per heavy atom. The number of carbonyl (C=O) groups is 1. The number of aromatic nitrogens is 1. The number of nitrogens with zero attached hydrogens (tertiary/aromatic N) is 1. The lowest BCUT2D eigenvalue weighted by molar-refractivity contribution is 0.0697. The van der Waals surface area contributed by atoms with Gasteiger partial charge in [0.1, 0.15) is 11.1 Å². The number of hydrogen-bond donors (Lipinski definition) is 2. The zero-order chi connectivity index (χ0) is 12.8. The number of carboxylic acids is 1. The number of rotatable bonds is 1. The number of nitrogens with two attached hydrogens (primary N) is 1. The molecule has 0 saturated heterocycles. The van der Waals surface area contributed by atoms with Crippen LogP contribution in [0.2, 0.25) is 0 Å². The normalized spacial score (nSPS) is 11.9. The fourth-order valence-electron chi connectivity index (χ4n) is 1.53. The topological polar surface area (TPSA) is 89.3 Å². The number of aromatic carboxylic acids is 1. The van der Waals surface area contributed by atoms with E-state index in [2.05, 4.69) is 4.98 Å². The minimum atomic E-state index is -1.07. The minimum absolute atomic E-state index is 0.0444. The highest BCUT2D eigenvalue weighted by Gasteiger charge is 2.23. The fourth-order valence-corrected chi connectivity index (χ4v) is 1.53. The molecule has 0 bridgehead atoms. The largest absolute Gasteiger partial charge is 0.478 e. The average molecular weight is 234 g/mol. The van der Waals surface area contributed by atoms with Crippen LogP contribution < -0.4 is 5.73 Å². The van der Waals surface area contributed by atoms with Gasteiger partial charge in [0.2, 0.25) is 5.89 Å². The standard InChI is InChI=1S/C12H14N2O3/c1-12(2,3)11-14-8-5-6(13)4-7(10(15)16)9(8)17-11/h4-5H,13H2,1-3H3,(H,15,16). The molecule has 0 saturated carbocycles. The molecule has 90 valence electrons. The van der Waals surface area contributed by atoms with Crippen LogP contribution in [-0.2, 0) is 5.41 Å². The Balaban J connectivity index is 2.76. The number of hydrogen-bond acceptors (Lipinski definition) is 4. The first-order chi connectivity index (χ1) is 7.79. The van der Waals surface area contributed by atoms with Crippen LogP contribution in [0.15, 0.2) is 16.5 Å². The van der Waals surface area contributed by atoms with E-state index in [9.17, 15) is 4.79 Å². The second-order valence-electron chi connectivity index (χ2n) is 4.99. The van der Waals surface area contributed by atoms with Crippen LogP contribution >= 0.6 is 0 Å². The second kappa shape index (κ2) is 3.48. The molecule has 0 aliphatic rings. The maximum absolute atomic E-state index is 11.1. The summed E-state index contributed by atoms with van der Waals surface area (Å²) in [6.07, 6.45) is 0. The highest BCUT2D eigenvalue weighted by Crippen LogP contribution is 2.29. The van der Waals surface area contributed by atoms with E-state index in [0.717, 1.165) is 0 Å². The number of oxazole rings is 1. The first-order valence-corrected chi connectivity index (χ1v) is 5.23. The summed E-state index contributed by atoms with van der Waals surface area (Å²) < 4.78 is 5.53. The van der Waals surface area contributed by atoms with Crippen LogP contribution in [0.5, 0.6) is 0 Å². The average Bonchev–Trinajstić information content (AvgIpc) is 2.58. The quantitative estimate of drug-likeness (QED) is 0.739. The molecular weight excluding hydrogens is 220 g/mol. The number of anilines is 1. The van der Waals surface area contributed by atoms with Crippen LogP contribution in [0.4, 0.5) is 5.69 Å². The Morgan fingerprint density at radius 3 is 2.59 bits per heavy atom. The first-order valence-electron chi connectivity index (χ1n) is 5.23. The molecule has 0 radical (unpaired) electrons. The van der Waals surface area contributed by atoms with Gasteiger partial charge in [0.05, 0.1) is 0 Å². The number of nitrogen functional groups attached to an aromatic ring is 1. The van der Waals surface area contributed by atoms with Crippen molar-refractivity contribution in [1.29, 1.82) is 0 Å². The lowest BCUT2D eigenvalue weighted by Crippen LogP contribution is -2.10. The van der Waals surface area contributed by atoms with Crippen molar-refractivity contribution in [3.05, 3.63) is 23.6 Å². The summed E-state index contributed by atoms with van der Waals surface area (Å²) in [4.78, 5) is 15.4. The van der Waals surface area contributed by atoms with Crippen molar-refractivity contribution in [3.63, 3.8) is 0 Å². The Labute approximate surface area is 98.2 Å². The maximum Gasteiger partial charge on any atom is 0.339 e. The second-order valence-corrected chi connectivity index (χ2v) is 4.99. The van der Waals surface area contributed by atoms with Gasteiger partial charge in [-0.2, -0.15) is 0 Å². The fraction of sp³-hybridized carbons (Fsp3) is 0.333. The highest BCUT2D eigenvalue weighted by atomic mass is 16.4. The SMILES string of the molecule is CC(C)(C)c1nc2cc(N)cc(C(=O)O)c2o1. The van der Waals surface area contributed by atoms with E-state index in [1.807, 2.05) is 20.8 Å². The predicted molar refractivity (Wildman–Crippen MR) is 64.1 cm³/mol. The van der Waals surface area contributed by atoms with E-state index in [0.29, 0.717) is 17.1 Å². The van der Waals surface area contributed by atoms with Crippen LogP contribution in [0, 0.1) is 0 Å². The highest BCUT2D eigenvalue weighted by molar-refractivity contribution is 6.01. The van der Waals surface area contributed by atoms with Crippen LogP contribution in [0.3, 0.4) is 0 Å². The molecule has 17 heavy (non-hydrogen) atoms. The summed E-state index contributed by atoms with van der Waals surface area (Å²) in [6.45, 7) is 5.84. The minimum Gasteiger partial charge on any atom is -0.478 e. The van der Waals surface area contributed by atoms with E-state index in [1.54, 1.807) is 6.07 Å². The van der Waals surface area contributed by atoms with Crippen molar-refractivity contribution >= 4 is 22.8 Å². The van der Waals surface area contributed by atoms with E-state index in [1.165, 1.54) is 6.07 Å². The zero-order valence-corrected chi connectivity index (χ0v) is 9.94. The third-order valence-electron chi connectivity index (χ3n) is 2.38. The van der Waals surface area contributed by atoms with Gasteiger partial charge in [-0.3, -0.25) is 0 Å². The van der Waals surface area contributed by atoms with Crippen molar-refractivity contribution in [1.82, 2.24) is 4.98 Å². The summed E-state index contributed by atoms with van der Waals surface area (Å²) in [5.41, 5.74) is 6.52. The van der Waals surface area contributed by atoms with Gasteiger partial charge in [-0.15, -0.1) is 0 Å². The van der Waals surface area contributed by atoms with Gasteiger partial charge < -0.3 is 15.3 Å². The molecule has 0 atom stereocenters. The van der Waals surface area contributed by atoms with Gasteiger partial charge in [0.15, 0.2) is 5.58 Å². The van der Waals surface area contributed by atoms with Crippen LogP contribution in [-0.4, -0.2) is 16.1 Å². The van der Waals surface area contributed by atoms with Crippen molar-refractivity contribution in [2.24, 2.45) is 0 Å². The van der Waals surface area contributed by atoms with Crippen LogP contribution in [0.25, 0.3) is 11.1 Å². The predicted octanol–water partition coefficient (Wildman–Crippen LogP) is 2.41. The van der Waals surface area contributed by atoms with E-state index >= 15 is 0 Å². The van der Waals surface area contributed by atoms with Crippen molar-refractivity contribution in [3.8, 4) is 0 Å². The van der Waals surface area contributed by atoms with Gasteiger partial charge in [0.25, 0.3) is 0 Å². The Kier molecular flexibility index (Phi) is 2.34. The molecule has 0 amide bonds. The molecule has 5 heteroatoms. The van der Waals surface area contributed by atoms with Gasteiger partial charge in [-0.1, -0.05) is 20.8 Å². The van der Waals surface area contributed by atoms with E-state index < -0.39 is 5.97 Å². The molecule has 0 unspecified atom stereocenters. The van der Waals surface area contributed by atoms with Crippen molar-refractivity contribution in [2.75, 3.05) is 5.73 Å². The van der Waals surface area contributed by atoms with Crippen molar-refractivity contribution < 1.29 is 14.3 Å². The molecule has 3 N–H and O–H groups in total.